The number of ether oxygens (including phenoxy) is 2. The predicted molar refractivity (Wildman–Crippen MR) is 98.0 cm³/mol. The van der Waals surface area contributed by atoms with Crippen molar-refractivity contribution in [3.63, 3.8) is 0 Å². The Labute approximate surface area is 168 Å². The predicted octanol–water partition coefficient (Wildman–Crippen LogP) is 3.64. The van der Waals surface area contributed by atoms with Crippen LogP contribution in [-0.2, 0) is 11.3 Å². The van der Waals surface area contributed by atoms with Gasteiger partial charge in [0.1, 0.15) is 5.75 Å². The van der Waals surface area contributed by atoms with Crippen LogP contribution in [0.15, 0.2) is 30.7 Å². The summed E-state index contributed by atoms with van der Waals surface area (Å²) in [4.78, 5) is 20.2. The molecule has 3 heterocycles. The van der Waals surface area contributed by atoms with Gasteiger partial charge >= 0.3 is 18.3 Å². The number of halogens is 4. The molecule has 0 aliphatic carbocycles. The van der Waals surface area contributed by atoms with Crippen LogP contribution in [0, 0.1) is 6.92 Å². The zero-order valence-electron chi connectivity index (χ0n) is 16.1. The maximum Gasteiger partial charge on any atom is 0.357 e. The van der Waals surface area contributed by atoms with Crippen LogP contribution >= 0.6 is 0 Å². The molecule has 0 spiro atoms. The SMILES string of the molecule is CCOC(=O)c1nccc2nn(Cc3cc(C)c(OCC(F)(F)C(F)F)cn3)cc12. The summed E-state index contributed by atoms with van der Waals surface area (Å²) in [6.45, 7) is 2.26. The van der Waals surface area contributed by atoms with Gasteiger partial charge < -0.3 is 9.47 Å². The van der Waals surface area contributed by atoms with Crippen LogP contribution in [0.25, 0.3) is 10.9 Å². The highest BCUT2D eigenvalue weighted by Gasteiger charge is 2.41. The molecule has 0 unspecified atom stereocenters. The topological polar surface area (TPSA) is 79.1 Å². The zero-order chi connectivity index (χ0) is 21.9. The van der Waals surface area contributed by atoms with E-state index < -0.39 is 24.9 Å². The Bertz CT molecular complexity index is 1060. The fourth-order valence-corrected chi connectivity index (χ4v) is 2.68. The minimum atomic E-state index is -4.25. The molecular weight excluding hydrogens is 408 g/mol. The molecule has 0 aliphatic heterocycles. The Hall–Kier alpha value is -3.24. The van der Waals surface area contributed by atoms with Crippen LogP contribution in [0.5, 0.6) is 5.75 Å². The second kappa shape index (κ2) is 8.64. The Morgan fingerprint density at radius 3 is 2.73 bits per heavy atom. The van der Waals surface area contributed by atoms with E-state index >= 15 is 0 Å². The van der Waals surface area contributed by atoms with Gasteiger partial charge in [-0.1, -0.05) is 0 Å². The molecule has 0 bridgehead atoms. The first kappa shape index (κ1) is 21.5. The van der Waals surface area contributed by atoms with Gasteiger partial charge in [0, 0.05) is 12.4 Å². The van der Waals surface area contributed by atoms with E-state index in [0.717, 1.165) is 0 Å². The summed E-state index contributed by atoms with van der Waals surface area (Å²) in [6, 6.07) is 3.22. The van der Waals surface area contributed by atoms with E-state index in [1.165, 1.54) is 12.4 Å². The summed E-state index contributed by atoms with van der Waals surface area (Å²) in [5.74, 6) is -4.82. The highest BCUT2D eigenvalue weighted by Crippen LogP contribution is 2.26. The van der Waals surface area contributed by atoms with Crippen molar-refractivity contribution in [2.45, 2.75) is 32.7 Å². The first-order valence-corrected chi connectivity index (χ1v) is 8.95. The molecule has 160 valence electrons. The summed E-state index contributed by atoms with van der Waals surface area (Å²) in [7, 11) is 0. The van der Waals surface area contributed by atoms with Gasteiger partial charge in [-0.05, 0) is 31.5 Å². The summed E-state index contributed by atoms with van der Waals surface area (Å²) < 4.78 is 61.9. The van der Waals surface area contributed by atoms with E-state index in [9.17, 15) is 22.4 Å². The van der Waals surface area contributed by atoms with E-state index in [1.807, 2.05) is 0 Å². The van der Waals surface area contributed by atoms with E-state index in [1.54, 1.807) is 36.9 Å². The van der Waals surface area contributed by atoms with Crippen LogP contribution in [0.2, 0.25) is 0 Å². The Kier molecular flexibility index (Phi) is 6.18. The number of rotatable bonds is 8. The standard InChI is InChI=1S/C19H18F4N4O3/c1-3-29-17(28)16-13-9-27(26-14(13)4-5-24-16)8-12-6-11(2)15(7-25-12)30-10-19(22,23)18(20)21/h4-7,9,18H,3,8,10H2,1-2H3. The molecule has 0 saturated carbocycles. The van der Waals surface area contributed by atoms with Gasteiger partial charge in [-0.25, -0.2) is 18.6 Å². The molecule has 0 radical (unpaired) electrons. The number of carbonyl (C=O) groups excluding carboxylic acids is 1. The van der Waals surface area contributed by atoms with Gasteiger partial charge in [0.2, 0.25) is 0 Å². The van der Waals surface area contributed by atoms with Gasteiger partial charge in [-0.15, -0.1) is 0 Å². The monoisotopic (exact) mass is 426 g/mol. The molecule has 0 fully saturated rings. The minimum absolute atomic E-state index is 0.0153. The van der Waals surface area contributed by atoms with Crippen molar-refractivity contribution < 1.29 is 31.8 Å². The number of nitrogens with zero attached hydrogens (tertiary/aromatic N) is 4. The lowest BCUT2D eigenvalue weighted by Crippen LogP contribution is -2.33. The summed E-state index contributed by atoms with van der Waals surface area (Å²) in [6.07, 6.45) is 0.462. The van der Waals surface area contributed by atoms with Crippen LogP contribution in [0.1, 0.15) is 28.7 Å². The molecule has 0 N–H and O–H groups in total. The second-order valence-corrected chi connectivity index (χ2v) is 6.43. The van der Waals surface area contributed by atoms with Crippen molar-refractivity contribution in [1.82, 2.24) is 19.7 Å². The normalized spacial score (nSPS) is 11.8. The van der Waals surface area contributed by atoms with E-state index in [2.05, 4.69) is 15.1 Å². The maximum atomic E-state index is 13.0. The third-order valence-electron chi connectivity index (χ3n) is 4.13. The van der Waals surface area contributed by atoms with Crippen molar-refractivity contribution in [3.05, 3.63) is 47.7 Å². The van der Waals surface area contributed by atoms with Crippen LogP contribution in [0.4, 0.5) is 17.6 Å². The lowest BCUT2D eigenvalue weighted by molar-refractivity contribution is -0.148. The van der Waals surface area contributed by atoms with Crippen molar-refractivity contribution in [1.29, 1.82) is 0 Å². The van der Waals surface area contributed by atoms with E-state index in [4.69, 9.17) is 9.47 Å². The number of alkyl halides is 4. The molecule has 0 aliphatic rings. The number of aromatic nitrogens is 4. The molecule has 3 aromatic rings. The third kappa shape index (κ3) is 4.66. The van der Waals surface area contributed by atoms with Crippen LogP contribution < -0.4 is 4.74 Å². The quantitative estimate of drug-likeness (QED) is 0.404. The van der Waals surface area contributed by atoms with E-state index in [0.29, 0.717) is 22.2 Å². The summed E-state index contributed by atoms with van der Waals surface area (Å²) >= 11 is 0. The summed E-state index contributed by atoms with van der Waals surface area (Å²) in [5.41, 5.74) is 1.67. The number of carbonyl (C=O) groups is 1. The molecule has 30 heavy (non-hydrogen) atoms. The molecule has 11 heteroatoms. The highest BCUT2D eigenvalue weighted by molar-refractivity contribution is 6.01. The lowest BCUT2D eigenvalue weighted by atomic mass is 10.2. The number of hydrogen-bond donors (Lipinski definition) is 0. The fraction of sp³-hybridized carbons (Fsp3) is 0.368. The number of pyridine rings is 2. The number of aryl methyl sites for hydroxylation is 1. The first-order chi connectivity index (χ1) is 14.2. The van der Waals surface area contributed by atoms with Gasteiger partial charge in [0.15, 0.2) is 12.3 Å². The van der Waals surface area contributed by atoms with Crippen molar-refractivity contribution in [2.24, 2.45) is 0 Å². The smallest absolute Gasteiger partial charge is 0.357 e. The van der Waals surface area contributed by atoms with Gasteiger partial charge in [0.05, 0.1) is 35.9 Å². The molecule has 0 saturated heterocycles. The molecular formula is C19H18F4N4O3. The van der Waals surface area contributed by atoms with Gasteiger partial charge in [-0.3, -0.25) is 9.67 Å². The maximum absolute atomic E-state index is 13.0. The van der Waals surface area contributed by atoms with Crippen molar-refractivity contribution in [3.8, 4) is 5.75 Å². The minimum Gasteiger partial charge on any atom is -0.485 e. The largest absolute Gasteiger partial charge is 0.485 e. The Balaban J connectivity index is 1.77. The first-order valence-electron chi connectivity index (χ1n) is 8.95. The van der Waals surface area contributed by atoms with Crippen LogP contribution in [0.3, 0.4) is 0 Å². The van der Waals surface area contributed by atoms with Crippen molar-refractivity contribution in [2.75, 3.05) is 13.2 Å². The van der Waals surface area contributed by atoms with E-state index in [-0.39, 0.29) is 24.6 Å². The number of hydrogen-bond acceptors (Lipinski definition) is 6. The van der Waals surface area contributed by atoms with Crippen LogP contribution in [-0.4, -0.2) is 51.3 Å². The highest BCUT2D eigenvalue weighted by atomic mass is 19.3. The molecule has 3 rings (SSSR count). The zero-order valence-corrected chi connectivity index (χ0v) is 16.1. The number of fused-ring (bicyclic) bond motifs is 1. The molecule has 0 amide bonds. The molecule has 0 aromatic carbocycles. The number of esters is 1. The average molecular weight is 426 g/mol. The average Bonchev–Trinajstić information content (AvgIpc) is 3.09. The second-order valence-electron chi connectivity index (χ2n) is 6.43. The Morgan fingerprint density at radius 2 is 2.07 bits per heavy atom. The molecule has 0 atom stereocenters. The molecule has 7 nitrogen and oxygen atoms in total. The Morgan fingerprint density at radius 1 is 1.30 bits per heavy atom. The molecule has 3 aromatic heterocycles. The van der Waals surface area contributed by atoms with Crippen molar-refractivity contribution >= 4 is 16.9 Å². The van der Waals surface area contributed by atoms with Gasteiger partial charge in [-0.2, -0.15) is 13.9 Å². The van der Waals surface area contributed by atoms with Gasteiger partial charge in [0.25, 0.3) is 0 Å². The summed E-state index contributed by atoms with van der Waals surface area (Å²) in [5, 5.41) is 4.88. The fourth-order valence-electron chi connectivity index (χ4n) is 2.68. The third-order valence-corrected chi connectivity index (χ3v) is 4.13. The lowest BCUT2D eigenvalue weighted by Gasteiger charge is -2.17.